The van der Waals surface area contributed by atoms with Crippen molar-refractivity contribution in [1.82, 2.24) is 0 Å². The Hall–Kier alpha value is -3.23. The third-order valence-electron chi connectivity index (χ3n) is 4.10. The summed E-state index contributed by atoms with van der Waals surface area (Å²) in [5.74, 6) is -0.836. The average molecular weight is 414 g/mol. The van der Waals surface area contributed by atoms with Gasteiger partial charge in [0.1, 0.15) is 5.82 Å². The second kappa shape index (κ2) is 8.85. The zero-order chi connectivity index (χ0) is 20.9. The van der Waals surface area contributed by atoms with Crippen molar-refractivity contribution >= 4 is 27.3 Å². The van der Waals surface area contributed by atoms with Crippen LogP contribution in [0.5, 0.6) is 0 Å². The molecule has 29 heavy (non-hydrogen) atoms. The van der Waals surface area contributed by atoms with Crippen LogP contribution >= 0.6 is 0 Å². The van der Waals surface area contributed by atoms with Gasteiger partial charge in [-0.25, -0.2) is 12.8 Å². The van der Waals surface area contributed by atoms with Gasteiger partial charge in [0.25, 0.3) is 15.9 Å². The quantitative estimate of drug-likeness (QED) is 0.613. The molecular weight excluding hydrogens is 395 g/mol. The Morgan fingerprint density at radius 1 is 0.897 bits per heavy atom. The molecule has 2 N–H and O–H groups in total. The first kappa shape index (κ1) is 20.5. The highest BCUT2D eigenvalue weighted by molar-refractivity contribution is 7.92. The van der Waals surface area contributed by atoms with Gasteiger partial charge < -0.3 is 10.1 Å². The summed E-state index contributed by atoms with van der Waals surface area (Å²) in [6.45, 7) is 0. The summed E-state index contributed by atoms with van der Waals surface area (Å²) in [5.41, 5.74) is 1.37. The summed E-state index contributed by atoms with van der Waals surface area (Å²) < 4.78 is 45.5. The van der Waals surface area contributed by atoms with Gasteiger partial charge in [0.2, 0.25) is 0 Å². The van der Waals surface area contributed by atoms with Gasteiger partial charge >= 0.3 is 0 Å². The predicted octanol–water partition coefficient (Wildman–Crippen LogP) is 3.95. The smallest absolute Gasteiger partial charge is 0.261 e. The Bertz CT molecular complexity index is 1070. The SMILES string of the molecule is CO[C@@H](C(=O)Nc1ccc(S(=O)(=O)Nc2ccc(F)cc2)cc1)c1ccccc1. The van der Waals surface area contributed by atoms with Gasteiger partial charge in [-0.15, -0.1) is 0 Å². The van der Waals surface area contributed by atoms with Crippen molar-refractivity contribution in [1.29, 1.82) is 0 Å². The molecule has 6 nitrogen and oxygen atoms in total. The molecule has 0 aliphatic carbocycles. The van der Waals surface area contributed by atoms with Crippen molar-refractivity contribution in [3.05, 3.63) is 90.2 Å². The molecule has 3 aromatic rings. The molecule has 0 bridgehead atoms. The van der Waals surface area contributed by atoms with Crippen LogP contribution in [0.2, 0.25) is 0 Å². The first-order valence-electron chi connectivity index (χ1n) is 8.66. The molecule has 0 spiro atoms. The standard InChI is InChI=1S/C21H19FN2O4S/c1-28-20(15-5-3-2-4-6-15)21(25)23-17-11-13-19(14-12-17)29(26,27)24-18-9-7-16(22)8-10-18/h2-14,20,24H,1H3,(H,23,25)/t20-/m1/s1. The minimum Gasteiger partial charge on any atom is -0.367 e. The van der Waals surface area contributed by atoms with Gasteiger partial charge in [0.15, 0.2) is 6.10 Å². The highest BCUT2D eigenvalue weighted by atomic mass is 32.2. The molecular formula is C21H19FN2O4S. The summed E-state index contributed by atoms with van der Waals surface area (Å²) in [4.78, 5) is 12.5. The van der Waals surface area contributed by atoms with E-state index in [0.717, 1.165) is 12.1 Å². The molecule has 3 rings (SSSR count). The molecule has 150 valence electrons. The van der Waals surface area contributed by atoms with Crippen LogP contribution in [-0.2, 0) is 19.6 Å². The number of hydrogen-bond acceptors (Lipinski definition) is 4. The molecule has 8 heteroatoms. The Balaban J connectivity index is 1.70. The van der Waals surface area contributed by atoms with Crippen LogP contribution < -0.4 is 10.0 Å². The fourth-order valence-electron chi connectivity index (χ4n) is 2.68. The third kappa shape index (κ3) is 5.18. The van der Waals surface area contributed by atoms with Crippen molar-refractivity contribution in [3.8, 4) is 0 Å². The maximum atomic E-state index is 13.0. The molecule has 0 saturated carbocycles. The minimum atomic E-state index is -3.85. The fourth-order valence-corrected chi connectivity index (χ4v) is 3.74. The number of carbonyl (C=O) groups is 1. The predicted molar refractivity (Wildman–Crippen MR) is 108 cm³/mol. The normalized spacial score (nSPS) is 12.2. The summed E-state index contributed by atoms with van der Waals surface area (Å²) >= 11 is 0. The minimum absolute atomic E-state index is 0.00572. The molecule has 0 unspecified atom stereocenters. The lowest BCUT2D eigenvalue weighted by Crippen LogP contribution is -2.22. The van der Waals surface area contributed by atoms with Crippen molar-refractivity contribution in [2.24, 2.45) is 0 Å². The lowest BCUT2D eigenvalue weighted by molar-refractivity contribution is -0.126. The molecule has 1 amide bonds. The van der Waals surface area contributed by atoms with Crippen LogP contribution in [0.4, 0.5) is 15.8 Å². The van der Waals surface area contributed by atoms with Crippen LogP contribution in [-0.4, -0.2) is 21.4 Å². The van der Waals surface area contributed by atoms with Crippen LogP contribution in [0.25, 0.3) is 0 Å². The number of methoxy groups -OCH3 is 1. The van der Waals surface area contributed by atoms with E-state index in [-0.39, 0.29) is 16.5 Å². The van der Waals surface area contributed by atoms with Crippen molar-refractivity contribution in [2.45, 2.75) is 11.0 Å². The number of benzene rings is 3. The number of rotatable bonds is 7. The van der Waals surface area contributed by atoms with Crippen molar-refractivity contribution < 1.29 is 22.3 Å². The van der Waals surface area contributed by atoms with E-state index < -0.39 is 21.9 Å². The lowest BCUT2D eigenvalue weighted by Gasteiger charge is -2.16. The van der Waals surface area contributed by atoms with Crippen LogP contribution in [0, 0.1) is 5.82 Å². The fraction of sp³-hybridized carbons (Fsp3) is 0.0952. The van der Waals surface area contributed by atoms with E-state index in [1.165, 1.54) is 43.5 Å². The zero-order valence-corrected chi connectivity index (χ0v) is 16.3. The molecule has 0 aliphatic rings. The van der Waals surface area contributed by atoms with E-state index in [1.54, 1.807) is 12.1 Å². The van der Waals surface area contributed by atoms with Crippen LogP contribution in [0.3, 0.4) is 0 Å². The molecule has 1 atom stereocenters. The molecule has 0 radical (unpaired) electrons. The number of ether oxygens (including phenoxy) is 1. The molecule has 0 saturated heterocycles. The van der Waals surface area contributed by atoms with Crippen LogP contribution in [0.1, 0.15) is 11.7 Å². The van der Waals surface area contributed by atoms with Gasteiger partial charge in [0.05, 0.1) is 4.90 Å². The van der Waals surface area contributed by atoms with Crippen molar-refractivity contribution in [2.75, 3.05) is 17.1 Å². The topological polar surface area (TPSA) is 84.5 Å². The Labute approximate surface area is 168 Å². The maximum absolute atomic E-state index is 13.0. The summed E-state index contributed by atoms with van der Waals surface area (Å²) in [6, 6.07) is 19.7. The van der Waals surface area contributed by atoms with E-state index in [9.17, 15) is 17.6 Å². The van der Waals surface area contributed by atoms with E-state index in [2.05, 4.69) is 10.0 Å². The van der Waals surface area contributed by atoms with E-state index >= 15 is 0 Å². The van der Waals surface area contributed by atoms with Gasteiger partial charge in [-0.3, -0.25) is 9.52 Å². The van der Waals surface area contributed by atoms with Crippen LogP contribution in [0.15, 0.2) is 83.8 Å². The number of halogens is 1. The number of nitrogens with one attached hydrogen (secondary N) is 2. The third-order valence-corrected chi connectivity index (χ3v) is 5.50. The number of hydrogen-bond donors (Lipinski definition) is 2. The highest BCUT2D eigenvalue weighted by Gasteiger charge is 2.20. The number of amides is 1. The van der Waals surface area contributed by atoms with Gasteiger partial charge in [-0.2, -0.15) is 0 Å². The Morgan fingerprint density at radius 3 is 2.07 bits per heavy atom. The maximum Gasteiger partial charge on any atom is 0.261 e. The molecule has 3 aromatic carbocycles. The second-order valence-corrected chi connectivity index (χ2v) is 7.83. The highest BCUT2D eigenvalue weighted by Crippen LogP contribution is 2.21. The number of carbonyl (C=O) groups excluding carboxylic acids is 1. The van der Waals surface area contributed by atoms with Crippen molar-refractivity contribution in [3.63, 3.8) is 0 Å². The molecule has 0 aromatic heterocycles. The zero-order valence-electron chi connectivity index (χ0n) is 15.5. The summed E-state index contributed by atoms with van der Waals surface area (Å²) in [6.07, 6.45) is -0.792. The Morgan fingerprint density at radius 2 is 1.48 bits per heavy atom. The molecule has 0 heterocycles. The second-order valence-electron chi connectivity index (χ2n) is 6.15. The number of anilines is 2. The van der Waals surface area contributed by atoms with Gasteiger partial charge in [0, 0.05) is 18.5 Å². The lowest BCUT2D eigenvalue weighted by atomic mass is 10.1. The first-order valence-corrected chi connectivity index (χ1v) is 10.1. The monoisotopic (exact) mass is 414 g/mol. The Kier molecular flexibility index (Phi) is 6.26. The van der Waals surface area contributed by atoms with E-state index in [4.69, 9.17) is 4.74 Å². The molecule has 0 fully saturated rings. The molecule has 0 aliphatic heterocycles. The van der Waals surface area contributed by atoms with Gasteiger partial charge in [-0.05, 0) is 54.1 Å². The summed E-state index contributed by atoms with van der Waals surface area (Å²) in [7, 11) is -2.41. The average Bonchev–Trinajstić information content (AvgIpc) is 2.71. The van der Waals surface area contributed by atoms with E-state index in [1.807, 2.05) is 18.2 Å². The number of sulfonamides is 1. The largest absolute Gasteiger partial charge is 0.367 e. The summed E-state index contributed by atoms with van der Waals surface area (Å²) in [5, 5.41) is 2.71. The van der Waals surface area contributed by atoms with E-state index in [0.29, 0.717) is 11.3 Å². The first-order chi connectivity index (χ1) is 13.9. The van der Waals surface area contributed by atoms with Gasteiger partial charge in [-0.1, -0.05) is 30.3 Å².